The minimum Gasteiger partial charge on any atom is -0.726 e. The van der Waals surface area contributed by atoms with Crippen LogP contribution in [0.25, 0.3) is 0 Å². The van der Waals surface area contributed by atoms with E-state index in [0.717, 1.165) is 39.2 Å². The van der Waals surface area contributed by atoms with Crippen LogP contribution in [0.5, 0.6) is 0 Å². The largest absolute Gasteiger partial charge is 0.726 e. The molecular formula is C38H77NO6S. The molecule has 0 fully saturated rings. The number of amides is 2. The average Bonchev–Trinajstić information content (AvgIpc) is 3.04. The van der Waals surface area contributed by atoms with Gasteiger partial charge < -0.3 is 4.55 Å². The van der Waals surface area contributed by atoms with E-state index in [1.165, 1.54) is 141 Å². The van der Waals surface area contributed by atoms with Crippen molar-refractivity contribution in [2.45, 2.75) is 214 Å². The van der Waals surface area contributed by atoms with E-state index in [1.54, 1.807) is 0 Å². The highest BCUT2D eigenvalue weighted by molar-refractivity contribution is 7.80. The highest BCUT2D eigenvalue weighted by Gasteiger charge is 2.40. The van der Waals surface area contributed by atoms with Gasteiger partial charge in [0.2, 0.25) is 10.4 Å². The summed E-state index contributed by atoms with van der Waals surface area (Å²) in [6, 6.07) is 0. The Bertz CT molecular complexity index is 744. The number of quaternary nitrogens is 1. The van der Waals surface area contributed by atoms with Crippen LogP contribution in [0.2, 0.25) is 0 Å². The van der Waals surface area contributed by atoms with Gasteiger partial charge in [-0.1, -0.05) is 175 Å². The van der Waals surface area contributed by atoms with E-state index in [4.69, 9.17) is 0 Å². The van der Waals surface area contributed by atoms with Crippen LogP contribution in [-0.2, 0) is 24.2 Å². The summed E-state index contributed by atoms with van der Waals surface area (Å²) in [5, 5.41) is 0. The third-order valence-corrected chi connectivity index (χ3v) is 9.70. The van der Waals surface area contributed by atoms with E-state index < -0.39 is 10.4 Å². The molecule has 0 aromatic heterocycles. The first-order valence-corrected chi connectivity index (χ1v) is 20.9. The molecule has 0 aliphatic rings. The molecular weight excluding hydrogens is 598 g/mol. The zero-order chi connectivity index (χ0) is 34.8. The summed E-state index contributed by atoms with van der Waals surface area (Å²) in [5.41, 5.74) is 0. The number of hydrogen-bond acceptors (Lipinski definition) is 6. The second-order valence-corrected chi connectivity index (χ2v) is 14.5. The number of rotatable bonds is 32. The lowest BCUT2D eigenvalue weighted by atomic mass is 10.0. The van der Waals surface area contributed by atoms with Gasteiger partial charge in [-0.05, 0) is 26.2 Å². The van der Waals surface area contributed by atoms with Gasteiger partial charge in [-0.3, -0.25) is 4.18 Å². The van der Waals surface area contributed by atoms with Crippen LogP contribution in [0, 0.1) is 0 Å². The number of nitrogens with zero attached hydrogens (tertiary/aromatic N) is 1. The van der Waals surface area contributed by atoms with Gasteiger partial charge in [0.1, 0.15) is 0 Å². The summed E-state index contributed by atoms with van der Waals surface area (Å²) in [5.74, 6) is 0.374. The lowest BCUT2D eigenvalue weighted by Gasteiger charge is -2.32. The van der Waals surface area contributed by atoms with Crippen LogP contribution >= 0.6 is 0 Å². The van der Waals surface area contributed by atoms with Crippen LogP contribution in [0.15, 0.2) is 0 Å². The summed E-state index contributed by atoms with van der Waals surface area (Å²) in [6.45, 7) is 10.0. The molecule has 0 radical (unpaired) electrons. The molecule has 46 heavy (non-hydrogen) atoms. The summed E-state index contributed by atoms with van der Waals surface area (Å²) in [7, 11) is -3.60. The Hall–Kier alpha value is -0.830. The highest BCUT2D eigenvalue weighted by atomic mass is 32.3. The van der Waals surface area contributed by atoms with Gasteiger partial charge in [0.15, 0.2) is 0 Å². The molecule has 0 aromatic carbocycles. The van der Waals surface area contributed by atoms with E-state index in [0.29, 0.717) is 25.9 Å². The van der Waals surface area contributed by atoms with Crippen molar-refractivity contribution in [1.82, 2.24) is 0 Å². The van der Waals surface area contributed by atoms with Crippen LogP contribution < -0.4 is 0 Å². The van der Waals surface area contributed by atoms with Crippen LogP contribution in [0.4, 0.5) is 0 Å². The van der Waals surface area contributed by atoms with Gasteiger partial charge in [0.05, 0.1) is 33.0 Å². The minimum atomic E-state index is -4.41. The Balaban J connectivity index is 0. The van der Waals surface area contributed by atoms with Gasteiger partial charge in [-0.25, -0.2) is 18.0 Å². The van der Waals surface area contributed by atoms with Crippen LogP contribution in [0.1, 0.15) is 214 Å². The first-order valence-electron chi connectivity index (χ1n) is 19.6. The summed E-state index contributed by atoms with van der Waals surface area (Å²) in [6.07, 6.45) is 36.2. The van der Waals surface area contributed by atoms with E-state index >= 15 is 0 Å². The van der Waals surface area contributed by atoms with Crippen molar-refractivity contribution in [2.24, 2.45) is 0 Å². The monoisotopic (exact) mass is 676 g/mol. The maximum absolute atomic E-state index is 13.3. The molecule has 0 unspecified atom stereocenters. The maximum atomic E-state index is 13.3. The predicted octanol–water partition coefficient (Wildman–Crippen LogP) is 11.3. The number of carbonyl (C=O) groups excluding carboxylic acids is 2. The fourth-order valence-electron chi connectivity index (χ4n) is 6.30. The first kappa shape index (κ1) is 47.3. The van der Waals surface area contributed by atoms with E-state index in [-0.39, 0.29) is 16.3 Å². The van der Waals surface area contributed by atoms with E-state index in [1.807, 2.05) is 6.92 Å². The molecule has 0 heterocycles. The fourth-order valence-corrected chi connectivity index (χ4v) is 6.30. The third-order valence-electron chi connectivity index (χ3n) is 9.29. The third kappa shape index (κ3) is 29.3. The molecule has 0 aliphatic carbocycles. The summed E-state index contributed by atoms with van der Waals surface area (Å²) >= 11 is 0. The van der Waals surface area contributed by atoms with Crippen molar-refractivity contribution >= 4 is 22.2 Å². The van der Waals surface area contributed by atoms with E-state index in [9.17, 15) is 22.6 Å². The second kappa shape index (κ2) is 34.0. The zero-order valence-electron chi connectivity index (χ0n) is 31.2. The smallest absolute Gasteiger partial charge is 0.321 e. The Morgan fingerprint density at radius 2 is 0.717 bits per heavy atom. The Morgan fingerprint density at radius 1 is 0.478 bits per heavy atom. The van der Waals surface area contributed by atoms with Crippen molar-refractivity contribution in [2.75, 3.05) is 20.2 Å². The van der Waals surface area contributed by atoms with Crippen molar-refractivity contribution in [1.29, 1.82) is 0 Å². The topological polar surface area (TPSA) is 101 Å². The lowest BCUT2D eigenvalue weighted by molar-refractivity contribution is -0.778. The highest BCUT2D eigenvalue weighted by Crippen LogP contribution is 2.20. The molecule has 276 valence electrons. The molecule has 0 N–H and O–H groups in total. The van der Waals surface area contributed by atoms with Crippen molar-refractivity contribution in [3.05, 3.63) is 0 Å². The minimum absolute atomic E-state index is 0.104. The summed E-state index contributed by atoms with van der Waals surface area (Å²) in [4.78, 5) is 26.6. The average molecular weight is 676 g/mol. The Labute approximate surface area is 286 Å². The van der Waals surface area contributed by atoms with Crippen molar-refractivity contribution in [3.63, 3.8) is 0 Å². The molecule has 0 aliphatic heterocycles. The number of hydrogen-bond donors (Lipinski definition) is 0. The molecule has 0 atom stereocenters. The molecule has 0 saturated carbocycles. The van der Waals surface area contributed by atoms with Crippen LogP contribution in [-0.4, -0.2) is 49.5 Å². The molecule has 0 bridgehead atoms. The molecule has 7 nitrogen and oxygen atoms in total. The lowest BCUT2D eigenvalue weighted by Crippen LogP contribution is -2.57. The van der Waals surface area contributed by atoms with E-state index in [2.05, 4.69) is 25.0 Å². The van der Waals surface area contributed by atoms with Gasteiger partial charge in [0, 0.05) is 0 Å². The maximum Gasteiger partial charge on any atom is 0.321 e. The number of imide groups is 1. The molecule has 0 saturated heterocycles. The fraction of sp³-hybridized carbons (Fsp3) is 0.947. The normalized spacial score (nSPS) is 11.8. The Kier molecular flexibility index (Phi) is 35.0. The van der Waals surface area contributed by atoms with Gasteiger partial charge in [0.25, 0.3) is 0 Å². The Morgan fingerprint density at radius 3 is 0.913 bits per heavy atom. The molecule has 0 rings (SSSR count). The van der Waals surface area contributed by atoms with Gasteiger partial charge in [-0.2, -0.15) is 4.48 Å². The van der Waals surface area contributed by atoms with Crippen molar-refractivity contribution in [3.8, 4) is 0 Å². The SMILES string of the molecule is CCCCCCCCCCCCCCCC(=O)[N+](CC)(CCC)C(=O)CCCCCCCCCCCCCCC.COS(=O)(=O)[O-]. The number of carbonyl (C=O) groups is 2. The first-order chi connectivity index (χ1) is 22.1. The van der Waals surface area contributed by atoms with Crippen molar-refractivity contribution < 1.29 is 31.2 Å². The predicted molar refractivity (Wildman–Crippen MR) is 193 cm³/mol. The van der Waals surface area contributed by atoms with Gasteiger partial charge >= 0.3 is 11.8 Å². The van der Waals surface area contributed by atoms with Crippen LogP contribution in [0.3, 0.4) is 0 Å². The molecule has 0 aromatic rings. The molecule has 8 heteroatoms. The molecule has 0 spiro atoms. The standard InChI is InChI=1S/C37H74NO2.CH4O4S/c1-5-9-11-13-15-17-19-21-23-25-27-29-31-33-36(39)38(8-4,35-7-3)37(40)34-32-30-28-26-24-22-20-18-16-14-12-10-6-2;1-5-6(2,3)4/h5-35H2,1-4H3;1H3,(H,2,3,4)/q+1;/p-1. The second-order valence-electron chi connectivity index (χ2n) is 13.4. The van der Waals surface area contributed by atoms with Gasteiger partial charge in [-0.15, -0.1) is 0 Å². The number of unbranched alkanes of at least 4 members (excludes halogenated alkanes) is 24. The zero-order valence-corrected chi connectivity index (χ0v) is 32.0. The summed E-state index contributed by atoms with van der Waals surface area (Å²) < 4.78 is 31.1. The quantitative estimate of drug-likeness (QED) is 0.0304. The molecule has 2 amide bonds.